The first kappa shape index (κ1) is 25.2. The Bertz CT molecular complexity index is 1430. The van der Waals surface area contributed by atoms with Gasteiger partial charge in [0, 0.05) is 55.9 Å². The van der Waals surface area contributed by atoms with Gasteiger partial charge in [-0.1, -0.05) is 0 Å². The lowest BCUT2D eigenvalue weighted by molar-refractivity contribution is -0.131. The molecule has 4 N–H and O–H groups in total. The van der Waals surface area contributed by atoms with E-state index < -0.39 is 11.5 Å². The third kappa shape index (κ3) is 4.90. The van der Waals surface area contributed by atoms with Crippen molar-refractivity contribution in [2.45, 2.75) is 19.4 Å². The van der Waals surface area contributed by atoms with E-state index in [-0.39, 0.29) is 11.1 Å². The van der Waals surface area contributed by atoms with Crippen LogP contribution in [0, 0.1) is 6.92 Å². The lowest BCUT2D eigenvalue weighted by Gasteiger charge is -2.50. The highest BCUT2D eigenvalue weighted by molar-refractivity contribution is 6.08. The van der Waals surface area contributed by atoms with Crippen molar-refractivity contribution in [3.8, 4) is 5.88 Å². The van der Waals surface area contributed by atoms with Crippen LogP contribution in [0.4, 0.5) is 28.4 Å². The maximum absolute atomic E-state index is 13.3. The molecule has 3 aromatic rings. The zero-order chi connectivity index (χ0) is 27.0. The Kier molecular flexibility index (Phi) is 6.61. The SMILES string of the molecule is Cc1c(Nc2cc[nH]c(=O)c2C(=O)Nc2ccc(N3CCN(C4(C)COC4)CC3)cc2)cnc2c1NCCO2. The molecule has 5 heterocycles. The van der Waals surface area contributed by atoms with Crippen molar-refractivity contribution in [2.75, 3.05) is 73.4 Å². The summed E-state index contributed by atoms with van der Waals surface area (Å²) in [5.74, 6) is 0.0439. The average Bonchev–Trinajstić information content (AvgIpc) is 2.94. The number of aromatic amines is 1. The second kappa shape index (κ2) is 10.2. The third-order valence-corrected chi connectivity index (χ3v) is 7.76. The van der Waals surface area contributed by atoms with E-state index in [4.69, 9.17) is 9.47 Å². The van der Waals surface area contributed by atoms with Crippen molar-refractivity contribution in [3.63, 3.8) is 0 Å². The molecule has 204 valence electrons. The number of fused-ring (bicyclic) bond motifs is 1. The molecule has 6 rings (SSSR count). The third-order valence-electron chi connectivity index (χ3n) is 7.76. The summed E-state index contributed by atoms with van der Waals surface area (Å²) < 4.78 is 11.0. The predicted molar refractivity (Wildman–Crippen MR) is 151 cm³/mol. The normalized spacial score (nSPS) is 18.3. The van der Waals surface area contributed by atoms with Crippen LogP contribution >= 0.6 is 0 Å². The lowest BCUT2D eigenvalue weighted by atomic mass is 9.97. The number of nitrogens with zero attached hydrogens (tertiary/aromatic N) is 3. The highest BCUT2D eigenvalue weighted by atomic mass is 16.5. The minimum absolute atomic E-state index is 0.00695. The summed E-state index contributed by atoms with van der Waals surface area (Å²) in [6, 6.07) is 9.41. The highest BCUT2D eigenvalue weighted by Crippen LogP contribution is 2.34. The number of anilines is 5. The first-order chi connectivity index (χ1) is 18.9. The Morgan fingerprint density at radius 2 is 1.85 bits per heavy atom. The predicted octanol–water partition coefficient (Wildman–Crippen LogP) is 2.79. The quantitative estimate of drug-likeness (QED) is 0.380. The van der Waals surface area contributed by atoms with Crippen LogP contribution in [0.1, 0.15) is 22.8 Å². The van der Waals surface area contributed by atoms with Crippen molar-refractivity contribution in [3.05, 3.63) is 64.2 Å². The number of ether oxygens (including phenoxy) is 2. The van der Waals surface area contributed by atoms with Gasteiger partial charge in [0.2, 0.25) is 5.88 Å². The van der Waals surface area contributed by atoms with Gasteiger partial charge in [-0.15, -0.1) is 0 Å². The molecule has 0 radical (unpaired) electrons. The molecule has 2 saturated heterocycles. The topological polar surface area (TPSA) is 124 Å². The maximum atomic E-state index is 13.3. The molecular weight excluding hydrogens is 498 g/mol. The number of hydrogen-bond donors (Lipinski definition) is 4. The monoisotopic (exact) mass is 531 g/mol. The van der Waals surface area contributed by atoms with Crippen molar-refractivity contribution in [2.24, 2.45) is 0 Å². The van der Waals surface area contributed by atoms with Crippen LogP contribution in [0.15, 0.2) is 47.5 Å². The molecule has 11 heteroatoms. The summed E-state index contributed by atoms with van der Waals surface area (Å²) in [5, 5.41) is 9.39. The van der Waals surface area contributed by atoms with E-state index in [0.717, 1.165) is 56.3 Å². The molecular formula is C28H33N7O4. The van der Waals surface area contributed by atoms with E-state index in [1.54, 1.807) is 12.3 Å². The van der Waals surface area contributed by atoms with Gasteiger partial charge < -0.3 is 35.3 Å². The van der Waals surface area contributed by atoms with Crippen molar-refractivity contribution in [1.29, 1.82) is 0 Å². The number of benzene rings is 1. The van der Waals surface area contributed by atoms with E-state index in [1.807, 2.05) is 31.2 Å². The summed E-state index contributed by atoms with van der Waals surface area (Å²) in [7, 11) is 0. The molecule has 3 aliphatic rings. The fraction of sp³-hybridized carbons (Fsp3) is 0.393. The zero-order valence-electron chi connectivity index (χ0n) is 22.2. The number of carbonyl (C=O) groups excluding carboxylic acids is 1. The van der Waals surface area contributed by atoms with Crippen LogP contribution in [0.25, 0.3) is 0 Å². The Morgan fingerprint density at radius 1 is 1.08 bits per heavy atom. The molecule has 0 saturated carbocycles. The van der Waals surface area contributed by atoms with Gasteiger partial charge in [-0.2, -0.15) is 0 Å². The largest absolute Gasteiger partial charge is 0.474 e. The van der Waals surface area contributed by atoms with Crippen LogP contribution < -0.4 is 31.1 Å². The van der Waals surface area contributed by atoms with E-state index in [1.165, 1.54) is 6.20 Å². The molecule has 11 nitrogen and oxygen atoms in total. The van der Waals surface area contributed by atoms with Crippen LogP contribution in [0.3, 0.4) is 0 Å². The van der Waals surface area contributed by atoms with Gasteiger partial charge >= 0.3 is 0 Å². The molecule has 2 fully saturated rings. The number of nitrogens with one attached hydrogen (secondary N) is 4. The molecule has 1 aromatic carbocycles. The van der Waals surface area contributed by atoms with Gasteiger partial charge in [-0.25, -0.2) is 4.98 Å². The summed E-state index contributed by atoms with van der Waals surface area (Å²) in [5.41, 5.74) is 4.15. The minimum atomic E-state index is -0.498. The smallest absolute Gasteiger partial charge is 0.263 e. The minimum Gasteiger partial charge on any atom is -0.474 e. The summed E-state index contributed by atoms with van der Waals surface area (Å²) in [4.78, 5) is 37.8. The lowest BCUT2D eigenvalue weighted by Crippen LogP contribution is -2.64. The Labute approximate surface area is 226 Å². The van der Waals surface area contributed by atoms with Crippen molar-refractivity contribution >= 4 is 34.3 Å². The number of carbonyl (C=O) groups is 1. The number of H-pyrrole nitrogens is 1. The molecule has 1 amide bonds. The van der Waals surface area contributed by atoms with Crippen molar-refractivity contribution in [1.82, 2.24) is 14.9 Å². The number of aromatic nitrogens is 2. The molecule has 0 aliphatic carbocycles. The summed E-state index contributed by atoms with van der Waals surface area (Å²) >= 11 is 0. The van der Waals surface area contributed by atoms with E-state index in [2.05, 4.69) is 42.6 Å². The van der Waals surface area contributed by atoms with E-state index in [9.17, 15) is 9.59 Å². The van der Waals surface area contributed by atoms with Crippen LogP contribution in [0.5, 0.6) is 5.88 Å². The number of amides is 1. The molecule has 3 aliphatic heterocycles. The molecule has 0 atom stereocenters. The van der Waals surface area contributed by atoms with Gasteiger partial charge in [-0.05, 0) is 44.2 Å². The molecule has 0 bridgehead atoms. The molecule has 0 spiro atoms. The number of piperazine rings is 1. The Hall–Kier alpha value is -4.09. The fourth-order valence-corrected chi connectivity index (χ4v) is 5.33. The Balaban J connectivity index is 1.14. The fourth-order valence-electron chi connectivity index (χ4n) is 5.33. The van der Waals surface area contributed by atoms with Crippen LogP contribution in [-0.4, -0.2) is 78.9 Å². The van der Waals surface area contributed by atoms with Gasteiger partial charge in [-0.3, -0.25) is 14.5 Å². The van der Waals surface area contributed by atoms with Crippen LogP contribution in [0.2, 0.25) is 0 Å². The average molecular weight is 532 g/mol. The molecule has 39 heavy (non-hydrogen) atoms. The second-order valence-corrected chi connectivity index (χ2v) is 10.4. The number of rotatable bonds is 6. The summed E-state index contributed by atoms with van der Waals surface area (Å²) in [6.45, 7) is 10.9. The summed E-state index contributed by atoms with van der Waals surface area (Å²) in [6.07, 6.45) is 3.15. The Morgan fingerprint density at radius 3 is 2.56 bits per heavy atom. The highest BCUT2D eigenvalue weighted by Gasteiger charge is 2.40. The second-order valence-electron chi connectivity index (χ2n) is 10.4. The molecule has 0 unspecified atom stereocenters. The van der Waals surface area contributed by atoms with Gasteiger partial charge in [0.1, 0.15) is 17.9 Å². The van der Waals surface area contributed by atoms with Gasteiger partial charge in [0.25, 0.3) is 11.5 Å². The van der Waals surface area contributed by atoms with Crippen molar-refractivity contribution < 1.29 is 14.3 Å². The zero-order valence-corrected chi connectivity index (χ0v) is 22.2. The maximum Gasteiger partial charge on any atom is 0.263 e. The van der Waals surface area contributed by atoms with E-state index in [0.29, 0.717) is 36.1 Å². The van der Waals surface area contributed by atoms with Gasteiger partial charge in [0.05, 0.1) is 36.3 Å². The van der Waals surface area contributed by atoms with E-state index >= 15 is 0 Å². The number of hydrogen-bond acceptors (Lipinski definition) is 9. The van der Waals surface area contributed by atoms with Gasteiger partial charge in [0.15, 0.2) is 0 Å². The first-order valence-electron chi connectivity index (χ1n) is 13.3. The van der Waals surface area contributed by atoms with Crippen LogP contribution in [-0.2, 0) is 4.74 Å². The molecule has 2 aromatic heterocycles. The standard InChI is InChI=1S/C28H33N7O4/c1-18-22(15-31-27-24(18)29-9-14-39-27)33-21-7-8-30-25(36)23(21)26(37)32-19-3-5-20(6-4-19)34-10-12-35(13-11-34)28(2)16-38-17-28/h3-8,15,29H,9-14,16-17H2,1-2H3,(H,32,37)(H2,30,33,36). The first-order valence-corrected chi connectivity index (χ1v) is 13.3. The number of pyridine rings is 2.